The monoisotopic (exact) mass is 317 g/mol. The molecule has 0 amide bonds. The summed E-state index contributed by atoms with van der Waals surface area (Å²) < 4.78 is 6.74. The molecule has 0 aliphatic carbocycles. The summed E-state index contributed by atoms with van der Waals surface area (Å²) in [4.78, 5) is 13.0. The fraction of sp³-hybridized carbons (Fsp3) is 0.385. The maximum atomic E-state index is 5.06. The van der Waals surface area contributed by atoms with Crippen molar-refractivity contribution < 1.29 is 4.74 Å². The molecule has 0 N–H and O–H groups in total. The van der Waals surface area contributed by atoms with Gasteiger partial charge in [-0.15, -0.1) is 15.3 Å². The van der Waals surface area contributed by atoms with Gasteiger partial charge in [0.2, 0.25) is 5.16 Å². The summed E-state index contributed by atoms with van der Waals surface area (Å²) in [5.41, 5.74) is 2.23. The van der Waals surface area contributed by atoms with Crippen LogP contribution in [0.15, 0.2) is 17.4 Å². The zero-order chi connectivity index (χ0) is 15.5. The van der Waals surface area contributed by atoms with E-state index in [-0.39, 0.29) is 0 Å². The van der Waals surface area contributed by atoms with E-state index in [9.17, 15) is 0 Å². The quantitative estimate of drug-likeness (QED) is 0.648. The molecule has 3 aromatic heterocycles. The molecule has 3 heterocycles. The molecule has 0 aliphatic heterocycles. The highest BCUT2D eigenvalue weighted by Crippen LogP contribution is 2.19. The van der Waals surface area contributed by atoms with E-state index in [1.165, 1.54) is 11.8 Å². The van der Waals surface area contributed by atoms with Crippen molar-refractivity contribution in [2.75, 3.05) is 20.0 Å². The molecule has 3 rings (SSSR count). The van der Waals surface area contributed by atoms with Gasteiger partial charge in [0, 0.05) is 19.7 Å². The topological polar surface area (TPSA) is 91.0 Å². The molecule has 0 saturated heterocycles. The molecule has 0 spiro atoms. The van der Waals surface area contributed by atoms with Crippen LogP contribution in [0.1, 0.15) is 11.5 Å². The maximum absolute atomic E-state index is 5.06. The third-order valence-corrected chi connectivity index (χ3v) is 3.67. The summed E-state index contributed by atoms with van der Waals surface area (Å²) in [7, 11) is 1.65. The fourth-order valence-corrected chi connectivity index (χ4v) is 2.35. The minimum atomic E-state index is 0.485. The van der Waals surface area contributed by atoms with E-state index in [1.807, 2.05) is 19.2 Å². The van der Waals surface area contributed by atoms with Gasteiger partial charge in [-0.25, -0.2) is 9.97 Å². The van der Waals surface area contributed by atoms with Crippen LogP contribution in [0.2, 0.25) is 0 Å². The molecular formula is C13H15N7OS. The van der Waals surface area contributed by atoms with Crippen LogP contribution in [0, 0.1) is 6.92 Å². The first-order chi connectivity index (χ1) is 10.7. The van der Waals surface area contributed by atoms with Crippen LogP contribution in [0.5, 0.6) is 0 Å². The Hall–Kier alpha value is -2.13. The number of nitrogens with zero attached hydrogens (tertiary/aromatic N) is 7. The van der Waals surface area contributed by atoms with Crippen LogP contribution in [-0.4, -0.2) is 54.7 Å². The predicted octanol–water partition coefficient (Wildman–Crippen LogP) is 1.20. The van der Waals surface area contributed by atoms with Gasteiger partial charge in [-0.2, -0.15) is 9.50 Å². The molecule has 0 atom stereocenters. The summed E-state index contributed by atoms with van der Waals surface area (Å²) in [6.45, 7) is 2.50. The number of hydrogen-bond donors (Lipinski definition) is 0. The highest BCUT2D eigenvalue weighted by atomic mass is 32.2. The number of hydrogen-bond acceptors (Lipinski definition) is 8. The maximum Gasteiger partial charge on any atom is 0.272 e. The average Bonchev–Trinajstić information content (AvgIpc) is 2.98. The molecule has 9 heteroatoms. The second kappa shape index (κ2) is 6.32. The third-order valence-electron chi connectivity index (χ3n) is 3.13. The van der Waals surface area contributed by atoms with Gasteiger partial charge in [0.25, 0.3) is 5.78 Å². The van der Waals surface area contributed by atoms with Gasteiger partial charge < -0.3 is 4.74 Å². The first kappa shape index (κ1) is 14.8. The lowest BCUT2D eigenvalue weighted by atomic mass is 10.2. The van der Waals surface area contributed by atoms with E-state index < -0.39 is 0 Å². The number of ether oxygens (including phenoxy) is 1. The number of rotatable bonds is 5. The largest absolute Gasteiger partial charge is 0.384 e. The van der Waals surface area contributed by atoms with Crippen molar-refractivity contribution in [2.45, 2.75) is 18.5 Å². The van der Waals surface area contributed by atoms with Crippen LogP contribution >= 0.6 is 11.8 Å². The van der Waals surface area contributed by atoms with Gasteiger partial charge in [-0.1, -0.05) is 11.8 Å². The minimum Gasteiger partial charge on any atom is -0.384 e. The Labute approximate surface area is 131 Å². The SMILES string of the molecule is COCCc1nccc(-c2nnc3nc(SC)nn3c2C)n1. The molecule has 22 heavy (non-hydrogen) atoms. The third kappa shape index (κ3) is 2.77. The molecule has 3 aromatic rings. The van der Waals surface area contributed by atoms with Crippen molar-refractivity contribution >= 4 is 17.5 Å². The van der Waals surface area contributed by atoms with E-state index in [4.69, 9.17) is 4.74 Å². The standard InChI is InChI=1S/C13H15N7OS/c1-8-11(9-4-6-14-10(15-9)5-7-21-2)17-18-12-16-13(22-3)19-20(8)12/h4,6H,5,7H2,1-3H3. The Balaban J connectivity index is 2.04. The first-order valence-electron chi connectivity index (χ1n) is 6.68. The predicted molar refractivity (Wildman–Crippen MR) is 81.7 cm³/mol. The summed E-state index contributed by atoms with van der Waals surface area (Å²) in [5, 5.41) is 13.4. The molecule has 0 saturated carbocycles. The highest BCUT2D eigenvalue weighted by Gasteiger charge is 2.14. The van der Waals surface area contributed by atoms with Gasteiger partial charge in [0.05, 0.1) is 18.0 Å². The molecule has 114 valence electrons. The van der Waals surface area contributed by atoms with E-state index in [0.717, 1.165) is 5.69 Å². The zero-order valence-corrected chi connectivity index (χ0v) is 13.3. The lowest BCUT2D eigenvalue weighted by Gasteiger charge is -2.06. The van der Waals surface area contributed by atoms with Crippen molar-refractivity contribution in [2.24, 2.45) is 0 Å². The fourth-order valence-electron chi connectivity index (χ4n) is 2.01. The molecule has 0 aromatic carbocycles. The Morgan fingerprint density at radius 3 is 2.91 bits per heavy atom. The Morgan fingerprint density at radius 1 is 1.27 bits per heavy atom. The van der Waals surface area contributed by atoms with Crippen molar-refractivity contribution in [1.82, 2.24) is 34.8 Å². The van der Waals surface area contributed by atoms with Crippen LogP contribution in [-0.2, 0) is 11.2 Å². The van der Waals surface area contributed by atoms with Gasteiger partial charge in [-0.3, -0.25) is 0 Å². The molecule has 0 unspecified atom stereocenters. The van der Waals surface area contributed by atoms with Gasteiger partial charge in [0.15, 0.2) is 0 Å². The van der Waals surface area contributed by atoms with E-state index in [2.05, 4.69) is 30.2 Å². The summed E-state index contributed by atoms with van der Waals surface area (Å²) in [6.07, 6.45) is 4.29. The van der Waals surface area contributed by atoms with Gasteiger partial charge >= 0.3 is 0 Å². The van der Waals surface area contributed by atoms with Gasteiger partial charge in [0.1, 0.15) is 11.5 Å². The van der Waals surface area contributed by atoms with Crippen molar-refractivity contribution in [3.8, 4) is 11.4 Å². The van der Waals surface area contributed by atoms with Gasteiger partial charge in [-0.05, 0) is 19.2 Å². The lowest BCUT2D eigenvalue weighted by Crippen LogP contribution is -2.06. The molecule has 0 radical (unpaired) electrons. The smallest absolute Gasteiger partial charge is 0.272 e. The number of thioether (sulfide) groups is 1. The zero-order valence-electron chi connectivity index (χ0n) is 12.5. The number of aromatic nitrogens is 7. The molecule has 0 fully saturated rings. The molecular weight excluding hydrogens is 302 g/mol. The molecule has 0 bridgehead atoms. The Kier molecular flexibility index (Phi) is 4.25. The van der Waals surface area contributed by atoms with Crippen LogP contribution in [0.3, 0.4) is 0 Å². The first-order valence-corrected chi connectivity index (χ1v) is 7.90. The Bertz CT molecular complexity index is 804. The second-order valence-electron chi connectivity index (χ2n) is 4.55. The van der Waals surface area contributed by atoms with E-state index >= 15 is 0 Å². The highest BCUT2D eigenvalue weighted by molar-refractivity contribution is 7.98. The normalized spacial score (nSPS) is 11.2. The average molecular weight is 317 g/mol. The van der Waals surface area contributed by atoms with E-state index in [1.54, 1.807) is 17.8 Å². The van der Waals surface area contributed by atoms with Crippen LogP contribution < -0.4 is 0 Å². The van der Waals surface area contributed by atoms with Crippen molar-refractivity contribution in [3.63, 3.8) is 0 Å². The Morgan fingerprint density at radius 2 is 2.14 bits per heavy atom. The number of fused-ring (bicyclic) bond motifs is 1. The molecule has 8 nitrogen and oxygen atoms in total. The van der Waals surface area contributed by atoms with E-state index in [0.29, 0.717) is 41.2 Å². The van der Waals surface area contributed by atoms with Crippen LogP contribution in [0.25, 0.3) is 17.2 Å². The van der Waals surface area contributed by atoms with Crippen molar-refractivity contribution in [1.29, 1.82) is 0 Å². The summed E-state index contributed by atoms with van der Waals surface area (Å²) in [5.74, 6) is 1.20. The lowest BCUT2D eigenvalue weighted by molar-refractivity contribution is 0.200. The van der Waals surface area contributed by atoms with Crippen LogP contribution in [0.4, 0.5) is 0 Å². The summed E-state index contributed by atoms with van der Waals surface area (Å²) in [6, 6.07) is 1.81. The second-order valence-corrected chi connectivity index (χ2v) is 5.32. The summed E-state index contributed by atoms with van der Waals surface area (Å²) >= 11 is 1.47. The minimum absolute atomic E-state index is 0.485. The number of aryl methyl sites for hydroxylation is 1. The van der Waals surface area contributed by atoms with Crippen molar-refractivity contribution in [3.05, 3.63) is 23.8 Å². The molecule has 0 aliphatic rings. The number of methoxy groups -OCH3 is 1.